The van der Waals surface area contributed by atoms with Crippen LogP contribution in [0.4, 0.5) is 5.69 Å². The van der Waals surface area contributed by atoms with Gasteiger partial charge in [-0.3, -0.25) is 14.6 Å². The largest absolute Gasteiger partial charge is 0.382 e. The Labute approximate surface area is 182 Å². The minimum absolute atomic E-state index is 0.568. The summed E-state index contributed by atoms with van der Waals surface area (Å²) in [6.07, 6.45) is 12.1. The SMILES string of the molecule is COCCOCCn1cc(N2CC=CC=C2c2ccnc(C)c2)c(-c2ccccn2)n1. The van der Waals surface area contributed by atoms with Crippen LogP contribution in [0.3, 0.4) is 0 Å². The van der Waals surface area contributed by atoms with E-state index < -0.39 is 0 Å². The Morgan fingerprint density at radius 3 is 2.81 bits per heavy atom. The maximum atomic E-state index is 5.64. The Balaban J connectivity index is 1.67. The van der Waals surface area contributed by atoms with Crippen LogP contribution in [0.25, 0.3) is 17.1 Å². The van der Waals surface area contributed by atoms with Crippen molar-refractivity contribution >= 4 is 11.4 Å². The number of nitrogens with zero attached hydrogens (tertiary/aromatic N) is 5. The van der Waals surface area contributed by atoms with E-state index in [0.29, 0.717) is 26.4 Å². The molecule has 0 radical (unpaired) electrons. The third-order valence-corrected chi connectivity index (χ3v) is 5.00. The third kappa shape index (κ3) is 5.07. The molecule has 1 aliphatic heterocycles. The first-order valence-electron chi connectivity index (χ1n) is 10.4. The van der Waals surface area contributed by atoms with Crippen molar-refractivity contribution in [2.45, 2.75) is 13.5 Å². The molecule has 4 rings (SSSR count). The highest BCUT2D eigenvalue weighted by atomic mass is 16.5. The van der Waals surface area contributed by atoms with E-state index in [1.807, 2.05) is 42.1 Å². The quantitative estimate of drug-likeness (QED) is 0.495. The summed E-state index contributed by atoms with van der Waals surface area (Å²) >= 11 is 0. The normalized spacial score (nSPS) is 13.5. The fraction of sp³-hybridized carbons (Fsp3) is 0.292. The molecule has 7 heteroatoms. The number of methoxy groups -OCH3 is 1. The molecular weight excluding hydrogens is 390 g/mol. The van der Waals surface area contributed by atoms with Crippen LogP contribution in [-0.2, 0) is 16.0 Å². The highest BCUT2D eigenvalue weighted by Gasteiger charge is 2.22. The summed E-state index contributed by atoms with van der Waals surface area (Å²) < 4.78 is 12.6. The van der Waals surface area contributed by atoms with E-state index in [-0.39, 0.29) is 0 Å². The molecule has 0 N–H and O–H groups in total. The number of anilines is 1. The predicted octanol–water partition coefficient (Wildman–Crippen LogP) is 3.73. The molecule has 0 unspecified atom stereocenters. The smallest absolute Gasteiger partial charge is 0.134 e. The highest BCUT2D eigenvalue weighted by Crippen LogP contribution is 2.35. The standard InChI is InChI=1S/C24H27N5O2/c1-19-17-20(9-11-25-19)22-8-4-6-12-29(22)23-18-28(13-14-31-16-15-30-2)27-24(23)21-7-3-5-10-26-21/h3-11,17-18H,12-16H2,1-2H3. The lowest BCUT2D eigenvalue weighted by Crippen LogP contribution is -2.24. The second kappa shape index (κ2) is 10.1. The summed E-state index contributed by atoms with van der Waals surface area (Å²) in [4.78, 5) is 11.2. The summed E-state index contributed by atoms with van der Waals surface area (Å²) in [5.41, 5.74) is 5.93. The van der Waals surface area contributed by atoms with Gasteiger partial charge in [-0.1, -0.05) is 18.2 Å². The van der Waals surface area contributed by atoms with Crippen molar-refractivity contribution in [1.82, 2.24) is 19.7 Å². The van der Waals surface area contributed by atoms with E-state index in [9.17, 15) is 0 Å². The molecule has 0 amide bonds. The number of ether oxygens (including phenoxy) is 2. The second-order valence-corrected chi connectivity index (χ2v) is 7.22. The minimum atomic E-state index is 0.568. The van der Waals surface area contributed by atoms with Gasteiger partial charge in [-0.2, -0.15) is 5.10 Å². The zero-order chi connectivity index (χ0) is 21.5. The van der Waals surface area contributed by atoms with E-state index >= 15 is 0 Å². The molecule has 3 aromatic rings. The van der Waals surface area contributed by atoms with Crippen molar-refractivity contribution in [1.29, 1.82) is 0 Å². The number of aromatic nitrogens is 4. The fourth-order valence-electron chi connectivity index (χ4n) is 3.51. The number of hydrogen-bond donors (Lipinski definition) is 0. The zero-order valence-electron chi connectivity index (χ0n) is 17.9. The first-order chi connectivity index (χ1) is 15.3. The van der Waals surface area contributed by atoms with Gasteiger partial charge in [0.2, 0.25) is 0 Å². The topological polar surface area (TPSA) is 65.3 Å². The molecule has 0 aromatic carbocycles. The molecule has 0 spiro atoms. The Bertz CT molecular complexity index is 1060. The van der Waals surface area contributed by atoms with Gasteiger partial charge >= 0.3 is 0 Å². The van der Waals surface area contributed by atoms with E-state index in [4.69, 9.17) is 14.6 Å². The monoisotopic (exact) mass is 417 g/mol. The van der Waals surface area contributed by atoms with E-state index in [2.05, 4.69) is 45.4 Å². The predicted molar refractivity (Wildman–Crippen MR) is 122 cm³/mol. The van der Waals surface area contributed by atoms with E-state index in [0.717, 1.165) is 40.6 Å². The van der Waals surface area contributed by atoms with Crippen molar-refractivity contribution in [3.05, 3.63) is 78.4 Å². The number of rotatable bonds is 9. The molecule has 0 saturated heterocycles. The summed E-state index contributed by atoms with van der Waals surface area (Å²) in [5, 5.41) is 4.86. The van der Waals surface area contributed by atoms with Gasteiger partial charge in [-0.05, 0) is 37.3 Å². The van der Waals surface area contributed by atoms with Gasteiger partial charge in [0.1, 0.15) is 5.69 Å². The number of allylic oxidation sites excluding steroid dienone is 2. The lowest BCUT2D eigenvalue weighted by Gasteiger charge is -2.28. The molecular formula is C24H27N5O2. The van der Waals surface area contributed by atoms with Crippen molar-refractivity contribution in [3.63, 3.8) is 0 Å². The van der Waals surface area contributed by atoms with Gasteiger partial charge in [0.15, 0.2) is 0 Å². The fourth-order valence-corrected chi connectivity index (χ4v) is 3.51. The Hall–Kier alpha value is -3.29. The van der Waals surface area contributed by atoms with Crippen molar-refractivity contribution in [3.8, 4) is 11.4 Å². The lowest BCUT2D eigenvalue weighted by atomic mass is 10.1. The minimum Gasteiger partial charge on any atom is -0.382 e. The highest BCUT2D eigenvalue weighted by molar-refractivity contribution is 5.87. The summed E-state index contributed by atoms with van der Waals surface area (Å²) in [5.74, 6) is 0. The van der Waals surface area contributed by atoms with E-state index in [1.165, 1.54) is 0 Å². The van der Waals surface area contributed by atoms with Gasteiger partial charge in [0.25, 0.3) is 0 Å². The van der Waals surface area contributed by atoms with Gasteiger partial charge < -0.3 is 14.4 Å². The molecule has 0 bridgehead atoms. The average Bonchev–Trinajstić information content (AvgIpc) is 3.24. The number of aryl methyl sites for hydroxylation is 1. The molecule has 0 saturated carbocycles. The molecule has 160 valence electrons. The van der Waals surface area contributed by atoms with Crippen LogP contribution in [0.2, 0.25) is 0 Å². The molecule has 4 heterocycles. The molecule has 1 aliphatic rings. The summed E-state index contributed by atoms with van der Waals surface area (Å²) in [6.45, 7) is 5.14. The van der Waals surface area contributed by atoms with Gasteiger partial charge in [0.05, 0.1) is 37.7 Å². The molecule has 3 aromatic heterocycles. The van der Waals surface area contributed by atoms with Crippen molar-refractivity contribution < 1.29 is 9.47 Å². The number of hydrogen-bond acceptors (Lipinski definition) is 6. The first-order valence-corrected chi connectivity index (χ1v) is 10.4. The van der Waals surface area contributed by atoms with Crippen molar-refractivity contribution in [2.75, 3.05) is 38.4 Å². The van der Waals surface area contributed by atoms with Crippen LogP contribution in [-0.4, -0.2) is 53.2 Å². The average molecular weight is 418 g/mol. The Morgan fingerprint density at radius 1 is 1.06 bits per heavy atom. The molecule has 0 atom stereocenters. The van der Waals surface area contributed by atoms with E-state index in [1.54, 1.807) is 13.3 Å². The van der Waals surface area contributed by atoms with Crippen LogP contribution < -0.4 is 4.90 Å². The molecule has 31 heavy (non-hydrogen) atoms. The van der Waals surface area contributed by atoms with Crippen LogP contribution in [0.5, 0.6) is 0 Å². The van der Waals surface area contributed by atoms with Crippen LogP contribution >= 0.6 is 0 Å². The zero-order valence-corrected chi connectivity index (χ0v) is 17.9. The van der Waals surface area contributed by atoms with Gasteiger partial charge in [-0.25, -0.2) is 0 Å². The van der Waals surface area contributed by atoms with Crippen LogP contribution in [0.1, 0.15) is 11.3 Å². The van der Waals surface area contributed by atoms with Gasteiger partial charge in [-0.15, -0.1) is 0 Å². The summed E-state index contributed by atoms with van der Waals surface area (Å²) in [7, 11) is 1.67. The van der Waals surface area contributed by atoms with Crippen LogP contribution in [0, 0.1) is 6.92 Å². The van der Waals surface area contributed by atoms with Crippen LogP contribution in [0.15, 0.2) is 67.2 Å². The molecule has 7 nitrogen and oxygen atoms in total. The third-order valence-electron chi connectivity index (χ3n) is 5.00. The Kier molecular flexibility index (Phi) is 6.86. The Morgan fingerprint density at radius 2 is 2.00 bits per heavy atom. The molecule has 0 fully saturated rings. The number of pyridine rings is 2. The van der Waals surface area contributed by atoms with Gasteiger partial charge in [0, 0.05) is 49.2 Å². The molecule has 0 aliphatic carbocycles. The maximum Gasteiger partial charge on any atom is 0.134 e. The second-order valence-electron chi connectivity index (χ2n) is 7.22. The van der Waals surface area contributed by atoms with Crippen molar-refractivity contribution in [2.24, 2.45) is 0 Å². The maximum absolute atomic E-state index is 5.64. The lowest BCUT2D eigenvalue weighted by molar-refractivity contribution is 0.0654. The summed E-state index contributed by atoms with van der Waals surface area (Å²) in [6, 6.07) is 10.0. The first kappa shape index (κ1) is 21.0.